The Morgan fingerprint density at radius 1 is 1.03 bits per heavy atom. The second-order valence-electron chi connectivity index (χ2n) is 9.55. The van der Waals surface area contributed by atoms with Gasteiger partial charge in [-0.2, -0.15) is 0 Å². The number of rotatable bonds is 8. The second-order valence-corrected chi connectivity index (χ2v) is 12.1. The first-order chi connectivity index (χ1) is 15.0. The monoisotopic (exact) mass is 463 g/mol. The van der Waals surface area contributed by atoms with Gasteiger partial charge in [0, 0.05) is 24.7 Å². The molecule has 0 radical (unpaired) electrons. The number of nitrogens with one attached hydrogen (secondary N) is 2. The number of hydrogen-bond acceptors (Lipinski definition) is 5. The number of amides is 3. The summed E-state index contributed by atoms with van der Waals surface area (Å²) in [5.41, 5.74) is 1.22. The Kier molecular flexibility index (Phi) is 7.39. The largest absolute Gasteiger partial charge is 0.326 e. The van der Waals surface area contributed by atoms with Crippen LogP contribution in [0.2, 0.25) is 0 Å². The minimum Gasteiger partial charge on any atom is -0.326 e. The van der Waals surface area contributed by atoms with Crippen molar-refractivity contribution in [1.29, 1.82) is 0 Å². The fourth-order valence-corrected chi connectivity index (χ4v) is 4.91. The molecule has 3 rings (SSSR count). The van der Waals surface area contributed by atoms with E-state index in [0.29, 0.717) is 29.7 Å². The van der Waals surface area contributed by atoms with Crippen LogP contribution in [0.1, 0.15) is 92.9 Å². The quantitative estimate of drug-likeness (QED) is 0.453. The van der Waals surface area contributed by atoms with E-state index < -0.39 is 14.8 Å². The predicted molar refractivity (Wildman–Crippen MR) is 123 cm³/mol. The van der Waals surface area contributed by atoms with Crippen molar-refractivity contribution in [2.24, 2.45) is 0 Å². The van der Waals surface area contributed by atoms with Gasteiger partial charge in [-0.05, 0) is 64.7 Å². The Labute approximate surface area is 190 Å². The number of imide groups is 1. The summed E-state index contributed by atoms with van der Waals surface area (Å²) < 4.78 is 25.7. The summed E-state index contributed by atoms with van der Waals surface area (Å²) in [5, 5.41) is 2.77. The zero-order valence-corrected chi connectivity index (χ0v) is 19.9. The molecule has 0 spiro atoms. The third-order valence-corrected chi connectivity index (χ3v) is 8.27. The van der Waals surface area contributed by atoms with Crippen molar-refractivity contribution < 1.29 is 22.8 Å². The zero-order valence-electron chi connectivity index (χ0n) is 19.1. The van der Waals surface area contributed by atoms with Crippen molar-refractivity contribution in [3.63, 3.8) is 0 Å². The predicted octanol–water partition coefficient (Wildman–Crippen LogP) is 3.44. The van der Waals surface area contributed by atoms with Gasteiger partial charge in [0.15, 0.2) is 0 Å². The van der Waals surface area contributed by atoms with Crippen LogP contribution in [0.4, 0.5) is 5.69 Å². The molecular formula is C23H33N3O5S. The first-order valence-electron chi connectivity index (χ1n) is 11.3. The molecule has 2 aliphatic rings. The third-order valence-electron chi connectivity index (χ3n) is 6.07. The summed E-state index contributed by atoms with van der Waals surface area (Å²) >= 11 is 0. The molecule has 1 aliphatic heterocycles. The topological polar surface area (TPSA) is 113 Å². The summed E-state index contributed by atoms with van der Waals surface area (Å²) in [4.78, 5) is 39.3. The molecule has 0 atom stereocenters. The number of benzene rings is 1. The smallest absolute Gasteiger partial charge is 0.261 e. The number of fused-ring (bicyclic) bond motifs is 1. The van der Waals surface area contributed by atoms with E-state index >= 15 is 0 Å². The fraction of sp³-hybridized carbons (Fsp3) is 0.609. The van der Waals surface area contributed by atoms with Crippen LogP contribution >= 0.6 is 0 Å². The van der Waals surface area contributed by atoms with Crippen molar-refractivity contribution in [3.05, 3.63) is 29.3 Å². The van der Waals surface area contributed by atoms with Gasteiger partial charge in [-0.25, -0.2) is 13.1 Å². The first-order valence-corrected chi connectivity index (χ1v) is 12.8. The maximum Gasteiger partial charge on any atom is 0.261 e. The van der Waals surface area contributed by atoms with Crippen LogP contribution in [0.25, 0.3) is 0 Å². The molecule has 2 N–H and O–H groups in total. The van der Waals surface area contributed by atoms with Crippen LogP contribution in [-0.2, 0) is 14.8 Å². The average molecular weight is 464 g/mol. The Balaban J connectivity index is 1.51. The highest BCUT2D eigenvalue weighted by molar-refractivity contribution is 7.90. The highest BCUT2D eigenvalue weighted by Crippen LogP contribution is 2.32. The maximum absolute atomic E-state index is 12.9. The molecular weight excluding hydrogens is 430 g/mol. The van der Waals surface area contributed by atoms with Crippen molar-refractivity contribution in [2.75, 3.05) is 11.9 Å². The lowest BCUT2D eigenvalue weighted by Crippen LogP contribution is -2.40. The molecule has 9 heteroatoms. The number of sulfonamides is 1. The number of nitrogens with zero attached hydrogens (tertiary/aromatic N) is 1. The van der Waals surface area contributed by atoms with Gasteiger partial charge in [-0.1, -0.05) is 19.3 Å². The van der Waals surface area contributed by atoms with E-state index in [9.17, 15) is 22.8 Å². The number of hydrogen-bond donors (Lipinski definition) is 2. The standard InChI is InChI=1S/C23H33N3O5S/c1-23(2,3)32(30,31)24-14-8-7-11-20(27)25-16-12-13-18-19(15-16)22(29)26(21(18)28)17-9-5-4-6-10-17/h12-13,15,17,24H,4-11,14H2,1-3H3,(H,25,27). The summed E-state index contributed by atoms with van der Waals surface area (Å²) in [6, 6.07) is 4.79. The molecule has 1 saturated carbocycles. The van der Waals surface area contributed by atoms with Crippen molar-refractivity contribution in [3.8, 4) is 0 Å². The molecule has 1 heterocycles. The molecule has 0 unspecified atom stereocenters. The van der Waals surface area contributed by atoms with Gasteiger partial charge in [0.25, 0.3) is 11.8 Å². The average Bonchev–Trinajstić information content (AvgIpc) is 2.97. The summed E-state index contributed by atoms with van der Waals surface area (Å²) in [6.07, 6.45) is 6.18. The summed E-state index contributed by atoms with van der Waals surface area (Å²) in [5.74, 6) is -0.740. The molecule has 0 aromatic heterocycles. The first kappa shape index (κ1) is 24.4. The van der Waals surface area contributed by atoms with Crippen LogP contribution in [0, 0.1) is 0 Å². The van der Waals surface area contributed by atoms with Gasteiger partial charge in [0.2, 0.25) is 15.9 Å². The molecule has 0 bridgehead atoms. The van der Waals surface area contributed by atoms with Gasteiger partial charge >= 0.3 is 0 Å². The molecule has 8 nitrogen and oxygen atoms in total. The summed E-state index contributed by atoms with van der Waals surface area (Å²) in [7, 11) is -3.39. The van der Waals surface area contributed by atoms with Crippen LogP contribution in [-0.4, -0.2) is 48.4 Å². The zero-order chi connectivity index (χ0) is 23.5. The molecule has 1 aliphatic carbocycles. The minimum absolute atomic E-state index is 0.0371. The highest BCUT2D eigenvalue weighted by atomic mass is 32.2. The molecule has 1 aromatic carbocycles. The minimum atomic E-state index is -3.39. The van der Waals surface area contributed by atoms with E-state index in [1.54, 1.807) is 39.0 Å². The van der Waals surface area contributed by atoms with Gasteiger partial charge < -0.3 is 5.32 Å². The van der Waals surface area contributed by atoms with Crippen molar-refractivity contribution >= 4 is 33.4 Å². The highest BCUT2D eigenvalue weighted by Gasteiger charge is 2.40. The van der Waals surface area contributed by atoms with Gasteiger partial charge in [-0.15, -0.1) is 0 Å². The lowest BCUT2D eigenvalue weighted by molar-refractivity contribution is -0.116. The Bertz CT molecular complexity index is 991. The van der Waals surface area contributed by atoms with E-state index in [2.05, 4.69) is 10.0 Å². The van der Waals surface area contributed by atoms with E-state index in [1.165, 1.54) is 4.90 Å². The van der Waals surface area contributed by atoms with Crippen LogP contribution in [0.15, 0.2) is 18.2 Å². The molecule has 32 heavy (non-hydrogen) atoms. The Morgan fingerprint density at radius 2 is 1.69 bits per heavy atom. The lowest BCUT2D eigenvalue weighted by Gasteiger charge is -2.29. The van der Waals surface area contributed by atoms with Crippen LogP contribution in [0.5, 0.6) is 0 Å². The van der Waals surface area contributed by atoms with Crippen LogP contribution < -0.4 is 10.0 Å². The normalized spacial score (nSPS) is 17.5. The SMILES string of the molecule is CC(C)(C)S(=O)(=O)NCCCCC(=O)Nc1ccc2c(c1)C(=O)N(C1CCCCC1)C2=O. The molecule has 0 saturated heterocycles. The number of anilines is 1. The van der Waals surface area contributed by atoms with E-state index in [4.69, 9.17) is 0 Å². The fourth-order valence-electron chi connectivity index (χ4n) is 4.07. The Hall–Kier alpha value is -2.26. The number of carbonyl (C=O) groups excluding carboxylic acids is 3. The van der Waals surface area contributed by atoms with E-state index in [-0.39, 0.29) is 36.7 Å². The van der Waals surface area contributed by atoms with Gasteiger partial charge in [0.05, 0.1) is 15.9 Å². The molecule has 1 aromatic rings. The van der Waals surface area contributed by atoms with Gasteiger partial charge in [-0.3, -0.25) is 19.3 Å². The number of carbonyl (C=O) groups is 3. The summed E-state index contributed by atoms with van der Waals surface area (Å²) in [6.45, 7) is 5.17. The van der Waals surface area contributed by atoms with E-state index in [1.807, 2.05) is 0 Å². The number of unbranched alkanes of at least 4 members (excludes halogenated alkanes) is 1. The second kappa shape index (κ2) is 9.70. The third kappa shape index (κ3) is 5.38. The maximum atomic E-state index is 12.9. The lowest BCUT2D eigenvalue weighted by atomic mass is 9.94. The van der Waals surface area contributed by atoms with Crippen molar-refractivity contribution in [1.82, 2.24) is 9.62 Å². The molecule has 176 valence electrons. The van der Waals surface area contributed by atoms with Gasteiger partial charge in [0.1, 0.15) is 0 Å². The molecule has 3 amide bonds. The van der Waals surface area contributed by atoms with E-state index in [0.717, 1.165) is 32.1 Å². The van der Waals surface area contributed by atoms with Crippen LogP contribution in [0.3, 0.4) is 0 Å². The van der Waals surface area contributed by atoms with Crippen molar-refractivity contribution in [2.45, 2.75) is 82.9 Å². The molecule has 1 fully saturated rings. The Morgan fingerprint density at radius 3 is 2.34 bits per heavy atom.